The lowest BCUT2D eigenvalue weighted by molar-refractivity contribution is -0.220. The summed E-state index contributed by atoms with van der Waals surface area (Å²) in [5.41, 5.74) is 0. The van der Waals surface area contributed by atoms with Crippen molar-refractivity contribution in [3.05, 3.63) is 0 Å². The molecule has 6 unspecified atom stereocenters. The van der Waals surface area contributed by atoms with Crippen LogP contribution in [0, 0.1) is 17.8 Å². The Bertz CT molecular complexity index is 253. The van der Waals surface area contributed by atoms with Crippen LogP contribution in [0.1, 0.15) is 38.5 Å². The van der Waals surface area contributed by atoms with E-state index < -0.39 is 0 Å². The molecule has 0 bridgehead atoms. The molecule has 2 saturated carbocycles. The van der Waals surface area contributed by atoms with Gasteiger partial charge in [-0.2, -0.15) is 0 Å². The molecule has 4 rings (SSSR count). The van der Waals surface area contributed by atoms with E-state index >= 15 is 0 Å². The van der Waals surface area contributed by atoms with Gasteiger partial charge in [0.25, 0.3) is 0 Å². The van der Waals surface area contributed by atoms with Gasteiger partial charge in [0.05, 0.1) is 24.9 Å². The number of ether oxygens (including phenoxy) is 2. The monoisotopic (exact) mass is 208 g/mol. The molecule has 84 valence electrons. The molecular weight excluding hydrogens is 188 g/mol. The van der Waals surface area contributed by atoms with Crippen molar-refractivity contribution in [2.45, 2.75) is 56.8 Å². The molecule has 0 radical (unpaired) electrons. The third kappa shape index (κ3) is 1.24. The van der Waals surface area contributed by atoms with Crippen molar-refractivity contribution in [3.63, 3.8) is 0 Å². The first-order chi connectivity index (χ1) is 7.42. The predicted molar refractivity (Wildman–Crippen MR) is 56.6 cm³/mol. The Morgan fingerprint density at radius 1 is 0.867 bits per heavy atom. The topological polar surface area (TPSA) is 18.5 Å². The summed E-state index contributed by atoms with van der Waals surface area (Å²) in [6.07, 6.45) is 10.1. The van der Waals surface area contributed by atoms with Crippen molar-refractivity contribution in [1.29, 1.82) is 0 Å². The van der Waals surface area contributed by atoms with Gasteiger partial charge in [0.2, 0.25) is 0 Å². The molecule has 2 nitrogen and oxygen atoms in total. The standard InChI is InChI=1S/C13H20O2/c1-2-4-11-10(3-1)13(15-11)8-5-9-7-14-12(9)6-8/h8-13H,1-7H2. The molecule has 2 saturated heterocycles. The Hall–Kier alpha value is -0.0800. The van der Waals surface area contributed by atoms with E-state index in [1.54, 1.807) is 0 Å². The molecule has 0 N–H and O–H groups in total. The highest BCUT2D eigenvalue weighted by molar-refractivity contribution is 5.00. The van der Waals surface area contributed by atoms with E-state index in [-0.39, 0.29) is 0 Å². The summed E-state index contributed by atoms with van der Waals surface area (Å²) in [7, 11) is 0. The van der Waals surface area contributed by atoms with Crippen LogP contribution in [0.25, 0.3) is 0 Å². The summed E-state index contributed by atoms with van der Waals surface area (Å²) in [5, 5.41) is 0. The van der Waals surface area contributed by atoms with E-state index in [4.69, 9.17) is 9.47 Å². The molecule has 4 fully saturated rings. The van der Waals surface area contributed by atoms with Crippen LogP contribution >= 0.6 is 0 Å². The van der Waals surface area contributed by atoms with Crippen molar-refractivity contribution < 1.29 is 9.47 Å². The first-order valence-electron chi connectivity index (χ1n) is 6.69. The second-order valence-electron chi connectivity index (χ2n) is 5.95. The second-order valence-corrected chi connectivity index (χ2v) is 5.95. The van der Waals surface area contributed by atoms with Crippen LogP contribution in [-0.4, -0.2) is 24.9 Å². The third-order valence-electron chi connectivity index (χ3n) is 5.16. The molecule has 2 aliphatic carbocycles. The van der Waals surface area contributed by atoms with Gasteiger partial charge >= 0.3 is 0 Å². The van der Waals surface area contributed by atoms with Gasteiger partial charge in [0, 0.05) is 11.8 Å². The number of hydrogen-bond donors (Lipinski definition) is 0. The van der Waals surface area contributed by atoms with E-state index in [1.165, 1.54) is 38.5 Å². The van der Waals surface area contributed by atoms with Gasteiger partial charge in [-0.3, -0.25) is 0 Å². The largest absolute Gasteiger partial charge is 0.377 e. The zero-order valence-corrected chi connectivity index (χ0v) is 9.23. The lowest BCUT2D eigenvalue weighted by Crippen LogP contribution is -2.53. The van der Waals surface area contributed by atoms with Crippen LogP contribution in [0.3, 0.4) is 0 Å². The number of hydrogen-bond acceptors (Lipinski definition) is 2. The van der Waals surface area contributed by atoms with E-state index in [0.717, 1.165) is 24.4 Å². The Labute approximate surface area is 91.3 Å². The number of rotatable bonds is 1. The fourth-order valence-electron chi connectivity index (χ4n) is 4.24. The van der Waals surface area contributed by atoms with Crippen LogP contribution < -0.4 is 0 Å². The Morgan fingerprint density at radius 3 is 2.47 bits per heavy atom. The SMILES string of the molecule is C1CCC2C(C1)OC2C1CC2COC2C1. The minimum atomic E-state index is 0.612. The highest BCUT2D eigenvalue weighted by atomic mass is 16.5. The molecule has 6 atom stereocenters. The van der Waals surface area contributed by atoms with Crippen LogP contribution in [-0.2, 0) is 9.47 Å². The molecule has 0 aromatic carbocycles. The van der Waals surface area contributed by atoms with Gasteiger partial charge in [0.15, 0.2) is 0 Å². The average Bonchev–Trinajstić information content (AvgIpc) is 2.47. The summed E-state index contributed by atoms with van der Waals surface area (Å²) in [4.78, 5) is 0. The third-order valence-corrected chi connectivity index (χ3v) is 5.16. The summed E-state index contributed by atoms with van der Waals surface area (Å²) in [6.45, 7) is 1.03. The molecule has 0 aromatic heterocycles. The second kappa shape index (κ2) is 3.21. The predicted octanol–water partition coefficient (Wildman–Crippen LogP) is 2.37. The first kappa shape index (κ1) is 9.00. The molecule has 4 aliphatic rings. The van der Waals surface area contributed by atoms with Gasteiger partial charge in [0.1, 0.15) is 0 Å². The maximum atomic E-state index is 6.10. The van der Waals surface area contributed by atoms with Gasteiger partial charge < -0.3 is 9.47 Å². The Balaban J connectivity index is 1.42. The van der Waals surface area contributed by atoms with E-state index in [0.29, 0.717) is 18.3 Å². The minimum Gasteiger partial charge on any atom is -0.377 e. The molecule has 2 heterocycles. The quantitative estimate of drug-likeness (QED) is 0.658. The summed E-state index contributed by atoms with van der Waals surface area (Å²) >= 11 is 0. The van der Waals surface area contributed by atoms with Crippen molar-refractivity contribution in [2.75, 3.05) is 6.61 Å². The summed E-state index contributed by atoms with van der Waals surface area (Å²) in [5.74, 6) is 2.64. The smallest absolute Gasteiger partial charge is 0.0661 e. The summed E-state index contributed by atoms with van der Waals surface area (Å²) in [6, 6.07) is 0. The van der Waals surface area contributed by atoms with E-state index in [2.05, 4.69) is 0 Å². The Morgan fingerprint density at radius 2 is 1.80 bits per heavy atom. The van der Waals surface area contributed by atoms with Crippen LogP contribution in [0.15, 0.2) is 0 Å². The van der Waals surface area contributed by atoms with Crippen molar-refractivity contribution in [3.8, 4) is 0 Å². The van der Waals surface area contributed by atoms with Gasteiger partial charge in [-0.25, -0.2) is 0 Å². The van der Waals surface area contributed by atoms with Crippen molar-refractivity contribution >= 4 is 0 Å². The number of fused-ring (bicyclic) bond motifs is 2. The molecule has 2 heteroatoms. The molecule has 0 spiro atoms. The normalized spacial score (nSPS) is 57.6. The van der Waals surface area contributed by atoms with Crippen LogP contribution in [0.5, 0.6) is 0 Å². The fourth-order valence-corrected chi connectivity index (χ4v) is 4.24. The molecule has 0 aromatic rings. The zero-order valence-electron chi connectivity index (χ0n) is 9.23. The molecule has 2 aliphatic heterocycles. The zero-order chi connectivity index (χ0) is 9.83. The van der Waals surface area contributed by atoms with Crippen molar-refractivity contribution in [1.82, 2.24) is 0 Å². The Kier molecular flexibility index (Phi) is 1.92. The van der Waals surface area contributed by atoms with E-state index in [9.17, 15) is 0 Å². The highest BCUT2D eigenvalue weighted by Crippen LogP contribution is 2.50. The summed E-state index contributed by atoms with van der Waals surface area (Å²) < 4.78 is 11.7. The molecule has 15 heavy (non-hydrogen) atoms. The van der Waals surface area contributed by atoms with Crippen molar-refractivity contribution in [2.24, 2.45) is 17.8 Å². The lowest BCUT2D eigenvalue weighted by Gasteiger charge is -2.50. The van der Waals surface area contributed by atoms with E-state index in [1.807, 2.05) is 0 Å². The lowest BCUT2D eigenvalue weighted by atomic mass is 9.73. The van der Waals surface area contributed by atoms with Crippen LogP contribution in [0.4, 0.5) is 0 Å². The van der Waals surface area contributed by atoms with Crippen LogP contribution in [0.2, 0.25) is 0 Å². The van der Waals surface area contributed by atoms with Gasteiger partial charge in [-0.1, -0.05) is 12.8 Å². The average molecular weight is 208 g/mol. The molecular formula is C13H20O2. The van der Waals surface area contributed by atoms with Gasteiger partial charge in [-0.15, -0.1) is 0 Å². The molecule has 0 amide bonds. The highest BCUT2D eigenvalue weighted by Gasteiger charge is 2.52. The minimum absolute atomic E-state index is 0.612. The maximum absolute atomic E-state index is 6.10. The van der Waals surface area contributed by atoms with Gasteiger partial charge in [-0.05, 0) is 31.6 Å². The fraction of sp³-hybridized carbons (Fsp3) is 1.00. The first-order valence-corrected chi connectivity index (χ1v) is 6.69. The maximum Gasteiger partial charge on any atom is 0.0661 e.